The lowest BCUT2D eigenvalue weighted by atomic mass is 9.73. The number of piperidine rings is 1. The molecule has 3 rings (SSSR count). The molecule has 0 radical (unpaired) electrons. The average molecular weight is 370 g/mol. The van der Waals surface area contributed by atoms with E-state index in [1.54, 1.807) is 4.90 Å². The van der Waals surface area contributed by atoms with Crippen molar-refractivity contribution in [3.63, 3.8) is 0 Å². The molecule has 0 unspecified atom stereocenters. The molecule has 2 heterocycles. The highest BCUT2D eigenvalue weighted by Gasteiger charge is 2.42. The van der Waals surface area contributed by atoms with Gasteiger partial charge in [0.25, 0.3) is 5.91 Å². The number of likely N-dealkylation sites (tertiary alicyclic amines) is 1. The van der Waals surface area contributed by atoms with Crippen LogP contribution in [0.1, 0.15) is 36.5 Å². The van der Waals surface area contributed by atoms with Crippen molar-refractivity contribution in [2.24, 2.45) is 5.41 Å². The summed E-state index contributed by atoms with van der Waals surface area (Å²) in [5.74, 6) is -0.137. The Morgan fingerprint density at radius 3 is 2.74 bits per heavy atom. The van der Waals surface area contributed by atoms with Crippen molar-refractivity contribution in [1.29, 1.82) is 0 Å². The van der Waals surface area contributed by atoms with Gasteiger partial charge in [0, 0.05) is 30.3 Å². The van der Waals surface area contributed by atoms with Crippen LogP contribution in [0.2, 0.25) is 0 Å². The fourth-order valence-electron chi connectivity index (χ4n) is 3.79. The standard InChI is InChI=1S/C20H26N4O3/c1-2-8-20(13-25)9-10-24(12-16(20)26)18(27)15-11-22-19(21)23-17(15)14-6-4-3-5-7-14/h3-7,11,16,25-26H,2,8-10,12-13H2,1H3,(H2,21,22,23)/t16-,20+/m0/s1. The van der Waals surface area contributed by atoms with Crippen LogP contribution in [0.15, 0.2) is 36.5 Å². The molecule has 1 aliphatic heterocycles. The van der Waals surface area contributed by atoms with Gasteiger partial charge in [-0.3, -0.25) is 4.79 Å². The van der Waals surface area contributed by atoms with Gasteiger partial charge in [0.05, 0.1) is 24.0 Å². The third-order valence-electron chi connectivity index (χ3n) is 5.41. The minimum atomic E-state index is -0.768. The average Bonchev–Trinajstić information content (AvgIpc) is 2.70. The van der Waals surface area contributed by atoms with E-state index in [2.05, 4.69) is 9.97 Å². The van der Waals surface area contributed by atoms with Gasteiger partial charge in [-0.05, 0) is 12.8 Å². The number of anilines is 1. The second-order valence-electron chi connectivity index (χ2n) is 7.14. The number of amides is 1. The maximum Gasteiger partial charge on any atom is 0.257 e. The Hall–Kier alpha value is -2.51. The Balaban J connectivity index is 1.88. The Morgan fingerprint density at radius 1 is 1.37 bits per heavy atom. The van der Waals surface area contributed by atoms with E-state index in [-0.39, 0.29) is 25.0 Å². The minimum Gasteiger partial charge on any atom is -0.396 e. The molecule has 1 aromatic carbocycles. The van der Waals surface area contributed by atoms with Gasteiger partial charge in [-0.25, -0.2) is 9.97 Å². The summed E-state index contributed by atoms with van der Waals surface area (Å²) in [6.45, 7) is 2.59. The first-order valence-corrected chi connectivity index (χ1v) is 9.27. The number of carbonyl (C=O) groups excluding carboxylic acids is 1. The summed E-state index contributed by atoms with van der Waals surface area (Å²) in [5, 5.41) is 20.5. The van der Waals surface area contributed by atoms with Crippen LogP contribution in [0, 0.1) is 5.41 Å². The van der Waals surface area contributed by atoms with E-state index in [4.69, 9.17) is 5.73 Å². The van der Waals surface area contributed by atoms with Gasteiger partial charge in [-0.1, -0.05) is 43.7 Å². The number of hydrogen-bond donors (Lipinski definition) is 3. The monoisotopic (exact) mass is 370 g/mol. The molecule has 1 aliphatic rings. The second-order valence-corrected chi connectivity index (χ2v) is 7.14. The molecular weight excluding hydrogens is 344 g/mol. The van der Waals surface area contributed by atoms with Crippen LogP contribution < -0.4 is 5.73 Å². The number of carbonyl (C=O) groups is 1. The molecule has 4 N–H and O–H groups in total. The summed E-state index contributed by atoms with van der Waals surface area (Å²) in [6.07, 6.45) is 2.83. The number of β-amino-alcohol motifs (C(OH)–C–C–N with tert-alkyl or cyclic N) is 1. The lowest BCUT2D eigenvalue weighted by Crippen LogP contribution is -2.54. The number of nitrogen functional groups attached to an aromatic ring is 1. The van der Waals surface area contributed by atoms with E-state index < -0.39 is 11.5 Å². The summed E-state index contributed by atoms with van der Waals surface area (Å²) < 4.78 is 0. The number of rotatable bonds is 5. The molecule has 144 valence electrons. The maximum absolute atomic E-state index is 13.1. The number of aromatic nitrogens is 2. The molecule has 1 aromatic heterocycles. The van der Waals surface area contributed by atoms with Crippen LogP contribution in [0.25, 0.3) is 11.3 Å². The van der Waals surface area contributed by atoms with Gasteiger partial charge in [-0.2, -0.15) is 0 Å². The smallest absolute Gasteiger partial charge is 0.257 e. The maximum atomic E-state index is 13.1. The van der Waals surface area contributed by atoms with Crippen LogP contribution in [-0.2, 0) is 0 Å². The predicted molar refractivity (Wildman–Crippen MR) is 103 cm³/mol. The first-order chi connectivity index (χ1) is 13.0. The zero-order chi connectivity index (χ0) is 19.4. The first kappa shape index (κ1) is 19.3. The molecule has 1 saturated heterocycles. The first-order valence-electron chi connectivity index (χ1n) is 9.27. The van der Waals surface area contributed by atoms with Crippen molar-refractivity contribution in [2.75, 3.05) is 25.4 Å². The fraction of sp³-hybridized carbons (Fsp3) is 0.450. The van der Waals surface area contributed by atoms with Crippen LogP contribution >= 0.6 is 0 Å². The van der Waals surface area contributed by atoms with E-state index in [0.717, 1.165) is 18.4 Å². The number of aliphatic hydroxyl groups excluding tert-OH is 2. The topological polar surface area (TPSA) is 113 Å². The molecule has 1 fully saturated rings. The quantitative estimate of drug-likeness (QED) is 0.739. The van der Waals surface area contributed by atoms with Crippen molar-refractivity contribution >= 4 is 11.9 Å². The third kappa shape index (κ3) is 3.79. The highest BCUT2D eigenvalue weighted by Crippen LogP contribution is 2.36. The molecule has 0 spiro atoms. The van der Waals surface area contributed by atoms with Crippen LogP contribution in [0.5, 0.6) is 0 Å². The summed E-state index contributed by atoms with van der Waals surface area (Å²) >= 11 is 0. The lowest BCUT2D eigenvalue weighted by molar-refractivity contribution is -0.0713. The second kappa shape index (κ2) is 8.02. The Bertz CT molecular complexity index is 799. The van der Waals surface area contributed by atoms with E-state index in [1.807, 2.05) is 37.3 Å². The van der Waals surface area contributed by atoms with Gasteiger partial charge in [-0.15, -0.1) is 0 Å². The summed E-state index contributed by atoms with van der Waals surface area (Å²) in [4.78, 5) is 23.0. The highest BCUT2D eigenvalue weighted by molar-refractivity contribution is 5.99. The largest absolute Gasteiger partial charge is 0.396 e. The summed E-state index contributed by atoms with van der Waals surface area (Å²) in [5.41, 5.74) is 6.82. The molecule has 7 heteroatoms. The summed E-state index contributed by atoms with van der Waals surface area (Å²) in [7, 11) is 0. The Labute approximate surface area is 158 Å². The molecule has 27 heavy (non-hydrogen) atoms. The summed E-state index contributed by atoms with van der Waals surface area (Å²) in [6, 6.07) is 9.35. The van der Waals surface area contributed by atoms with Crippen molar-refractivity contribution < 1.29 is 15.0 Å². The van der Waals surface area contributed by atoms with Gasteiger partial charge < -0.3 is 20.8 Å². The zero-order valence-corrected chi connectivity index (χ0v) is 15.5. The molecule has 0 saturated carbocycles. The van der Waals surface area contributed by atoms with E-state index in [1.165, 1.54) is 6.20 Å². The number of hydrogen-bond acceptors (Lipinski definition) is 6. The van der Waals surface area contributed by atoms with Gasteiger partial charge >= 0.3 is 0 Å². The molecule has 0 aliphatic carbocycles. The molecular formula is C20H26N4O3. The molecule has 0 bridgehead atoms. The lowest BCUT2D eigenvalue weighted by Gasteiger charge is -2.44. The molecule has 7 nitrogen and oxygen atoms in total. The SMILES string of the molecule is CCC[C@]1(CO)CCN(C(=O)c2cnc(N)nc2-c2ccccc2)C[C@@H]1O. The molecule has 1 amide bonds. The van der Waals surface area contributed by atoms with Crippen LogP contribution in [0.4, 0.5) is 5.95 Å². The number of benzene rings is 1. The zero-order valence-electron chi connectivity index (χ0n) is 15.5. The van der Waals surface area contributed by atoms with Gasteiger partial charge in [0.15, 0.2) is 0 Å². The highest BCUT2D eigenvalue weighted by atomic mass is 16.3. The van der Waals surface area contributed by atoms with Gasteiger partial charge in [0.1, 0.15) is 0 Å². The van der Waals surface area contributed by atoms with Crippen LogP contribution in [0.3, 0.4) is 0 Å². The Morgan fingerprint density at radius 2 is 2.11 bits per heavy atom. The van der Waals surface area contributed by atoms with Crippen LogP contribution in [-0.4, -0.2) is 56.8 Å². The molecule has 2 atom stereocenters. The van der Waals surface area contributed by atoms with Crippen molar-refractivity contribution in [3.05, 3.63) is 42.1 Å². The van der Waals surface area contributed by atoms with Crippen molar-refractivity contribution in [2.45, 2.75) is 32.3 Å². The van der Waals surface area contributed by atoms with Crippen molar-refractivity contribution in [1.82, 2.24) is 14.9 Å². The number of nitrogens with zero attached hydrogens (tertiary/aromatic N) is 3. The minimum absolute atomic E-state index is 0.0791. The Kier molecular flexibility index (Phi) is 5.72. The van der Waals surface area contributed by atoms with Gasteiger partial charge in [0.2, 0.25) is 5.95 Å². The van der Waals surface area contributed by atoms with E-state index in [0.29, 0.717) is 24.2 Å². The third-order valence-corrected chi connectivity index (χ3v) is 5.41. The fourth-order valence-corrected chi connectivity index (χ4v) is 3.79. The predicted octanol–water partition coefficient (Wildman–Crippen LogP) is 1.71. The number of nitrogens with two attached hydrogens (primary N) is 1. The van der Waals surface area contributed by atoms with E-state index in [9.17, 15) is 15.0 Å². The normalized spacial score (nSPS) is 22.6. The molecule has 2 aromatic rings. The van der Waals surface area contributed by atoms with Crippen molar-refractivity contribution in [3.8, 4) is 11.3 Å². The number of aliphatic hydroxyl groups is 2. The van der Waals surface area contributed by atoms with E-state index >= 15 is 0 Å².